The largest absolute Gasteiger partial charge is 0.493 e. The van der Waals surface area contributed by atoms with Crippen LogP contribution in [0.2, 0.25) is 0 Å². The molecule has 1 atom stereocenters. The Morgan fingerprint density at radius 2 is 2.36 bits per heavy atom. The number of amidine groups is 1. The van der Waals surface area contributed by atoms with Crippen LogP contribution in [0.1, 0.15) is 0 Å². The van der Waals surface area contributed by atoms with Gasteiger partial charge in [0.1, 0.15) is 24.0 Å². The lowest BCUT2D eigenvalue weighted by Crippen LogP contribution is -2.39. The number of aldehydes is 1. The first-order valence-electron chi connectivity index (χ1n) is 3.99. The van der Waals surface area contributed by atoms with Crippen LogP contribution in [0.3, 0.4) is 0 Å². The van der Waals surface area contributed by atoms with Gasteiger partial charge in [0.25, 0.3) is 0 Å². The van der Waals surface area contributed by atoms with E-state index in [9.17, 15) is 9.18 Å². The number of nitrogens with zero attached hydrogens (tertiary/aromatic N) is 2. The van der Waals surface area contributed by atoms with Crippen molar-refractivity contribution in [3.05, 3.63) is 36.1 Å². The molecule has 0 amide bonds. The van der Waals surface area contributed by atoms with Crippen LogP contribution < -0.4 is 0 Å². The van der Waals surface area contributed by atoms with Crippen molar-refractivity contribution in [3.63, 3.8) is 0 Å². The number of rotatable bonds is 1. The first-order valence-corrected chi connectivity index (χ1v) is 3.99. The lowest BCUT2D eigenvalue weighted by atomic mass is 10.2. The number of halogens is 1. The van der Waals surface area contributed by atoms with Crippen LogP contribution in [-0.4, -0.2) is 28.2 Å². The molecule has 0 spiro atoms. The third kappa shape index (κ3) is 1.32. The van der Waals surface area contributed by atoms with Crippen LogP contribution in [0.25, 0.3) is 0 Å². The maximum atomic E-state index is 12.8. The summed E-state index contributed by atoms with van der Waals surface area (Å²) >= 11 is 0. The minimum Gasteiger partial charge on any atom is -0.493 e. The van der Waals surface area contributed by atoms with Gasteiger partial charge < -0.3 is 14.8 Å². The summed E-state index contributed by atoms with van der Waals surface area (Å²) in [7, 11) is 0. The second-order valence-corrected chi connectivity index (χ2v) is 2.88. The first-order chi connectivity index (χ1) is 6.70. The van der Waals surface area contributed by atoms with Gasteiger partial charge in [0.05, 0.1) is 0 Å². The summed E-state index contributed by atoms with van der Waals surface area (Å²) in [6.45, 7) is 0. The van der Waals surface area contributed by atoms with E-state index in [0.29, 0.717) is 12.1 Å². The first kappa shape index (κ1) is 8.68. The van der Waals surface area contributed by atoms with Gasteiger partial charge in [0.2, 0.25) is 5.88 Å². The third-order valence-corrected chi connectivity index (χ3v) is 1.93. The molecule has 0 aromatic heterocycles. The van der Waals surface area contributed by atoms with Crippen LogP contribution >= 0.6 is 0 Å². The van der Waals surface area contributed by atoms with Crippen molar-refractivity contribution in [2.75, 3.05) is 0 Å². The monoisotopic (exact) mass is 194 g/mol. The highest BCUT2D eigenvalue weighted by Crippen LogP contribution is 2.19. The normalized spacial score (nSPS) is 24.8. The molecule has 0 saturated carbocycles. The van der Waals surface area contributed by atoms with Gasteiger partial charge in [0.15, 0.2) is 0 Å². The molecule has 72 valence electrons. The number of aliphatic hydroxyl groups excluding tert-OH is 1. The molecule has 5 heteroatoms. The molecule has 0 fully saturated rings. The standard InChI is InChI=1S/C9H7FN2O2/c10-6-1-2-8-11-9(14)3-7(5-13)12(8)4-6/h1-5,7,14H. The smallest absolute Gasteiger partial charge is 0.211 e. The third-order valence-electron chi connectivity index (χ3n) is 1.93. The number of carbonyl (C=O) groups excluding carboxylic acids is 1. The zero-order chi connectivity index (χ0) is 10.1. The van der Waals surface area contributed by atoms with Crippen LogP contribution in [0.4, 0.5) is 4.39 Å². The number of carbonyl (C=O) groups is 1. The molecule has 2 aliphatic heterocycles. The van der Waals surface area contributed by atoms with E-state index in [0.717, 1.165) is 0 Å². The molecule has 0 aliphatic carbocycles. The summed E-state index contributed by atoms with van der Waals surface area (Å²) in [5, 5.41) is 9.16. The minimum atomic E-state index is -0.696. The highest BCUT2D eigenvalue weighted by atomic mass is 19.1. The Balaban J connectivity index is 2.41. The van der Waals surface area contributed by atoms with Gasteiger partial charge in [0, 0.05) is 12.3 Å². The topological polar surface area (TPSA) is 52.9 Å². The number of hydrogen-bond donors (Lipinski definition) is 1. The van der Waals surface area contributed by atoms with Crippen molar-refractivity contribution >= 4 is 12.1 Å². The van der Waals surface area contributed by atoms with Crippen LogP contribution in [0.5, 0.6) is 0 Å². The SMILES string of the molecule is O=CC1C=C(O)N=C2C=CC(F)=CN21. The maximum absolute atomic E-state index is 12.8. The molecule has 0 aromatic rings. The average Bonchev–Trinajstić information content (AvgIpc) is 2.17. The molecule has 0 saturated heterocycles. The van der Waals surface area contributed by atoms with Crippen LogP contribution in [-0.2, 0) is 4.79 Å². The van der Waals surface area contributed by atoms with Gasteiger partial charge in [-0.25, -0.2) is 4.39 Å². The molecule has 2 heterocycles. The van der Waals surface area contributed by atoms with Crippen molar-refractivity contribution in [1.29, 1.82) is 0 Å². The molecule has 0 aromatic carbocycles. The van der Waals surface area contributed by atoms with Crippen molar-refractivity contribution < 1.29 is 14.3 Å². The van der Waals surface area contributed by atoms with E-state index >= 15 is 0 Å². The molecule has 0 bridgehead atoms. The second-order valence-electron chi connectivity index (χ2n) is 2.88. The number of aliphatic hydroxyl groups is 1. The van der Waals surface area contributed by atoms with E-state index in [2.05, 4.69) is 4.99 Å². The van der Waals surface area contributed by atoms with Gasteiger partial charge in [-0.2, -0.15) is 4.99 Å². The Kier molecular flexibility index (Phi) is 1.92. The Bertz CT molecular complexity index is 396. The molecular formula is C9H7FN2O2. The lowest BCUT2D eigenvalue weighted by molar-refractivity contribution is -0.109. The fraction of sp³-hybridized carbons (Fsp3) is 0.111. The van der Waals surface area contributed by atoms with Crippen molar-refractivity contribution in [3.8, 4) is 0 Å². The lowest BCUT2D eigenvalue weighted by Gasteiger charge is -2.28. The van der Waals surface area contributed by atoms with Crippen molar-refractivity contribution in [1.82, 2.24) is 4.90 Å². The van der Waals surface area contributed by atoms with Gasteiger partial charge in [-0.1, -0.05) is 0 Å². The van der Waals surface area contributed by atoms with E-state index in [1.165, 1.54) is 29.3 Å². The molecule has 4 nitrogen and oxygen atoms in total. The zero-order valence-corrected chi connectivity index (χ0v) is 7.09. The van der Waals surface area contributed by atoms with E-state index < -0.39 is 11.9 Å². The van der Waals surface area contributed by atoms with Crippen molar-refractivity contribution in [2.24, 2.45) is 4.99 Å². The Morgan fingerprint density at radius 1 is 1.57 bits per heavy atom. The summed E-state index contributed by atoms with van der Waals surface area (Å²) < 4.78 is 12.8. The number of allylic oxidation sites excluding steroid dienone is 2. The summed E-state index contributed by atoms with van der Waals surface area (Å²) in [6.07, 6.45) is 5.64. The van der Waals surface area contributed by atoms with Gasteiger partial charge in [-0.05, 0) is 12.2 Å². The van der Waals surface area contributed by atoms with Gasteiger partial charge in [-0.3, -0.25) is 0 Å². The molecule has 1 N–H and O–H groups in total. The molecule has 2 aliphatic rings. The molecule has 1 unspecified atom stereocenters. The predicted octanol–water partition coefficient (Wildman–Crippen LogP) is 1.05. The second kappa shape index (κ2) is 3.10. The number of fused-ring (bicyclic) bond motifs is 1. The molecule has 0 radical (unpaired) electrons. The Labute approximate surface area is 79.4 Å². The predicted molar refractivity (Wildman–Crippen MR) is 48.2 cm³/mol. The van der Waals surface area contributed by atoms with E-state index in [1.54, 1.807) is 0 Å². The van der Waals surface area contributed by atoms with Gasteiger partial charge >= 0.3 is 0 Å². The fourth-order valence-corrected chi connectivity index (χ4v) is 1.31. The highest BCUT2D eigenvalue weighted by molar-refractivity contribution is 5.98. The van der Waals surface area contributed by atoms with Crippen LogP contribution in [0, 0.1) is 0 Å². The molecule has 2 rings (SSSR count). The molecular weight excluding hydrogens is 187 g/mol. The minimum absolute atomic E-state index is 0.228. The average molecular weight is 194 g/mol. The summed E-state index contributed by atoms with van der Waals surface area (Å²) in [5.41, 5.74) is 0. The fourth-order valence-electron chi connectivity index (χ4n) is 1.31. The van der Waals surface area contributed by atoms with Crippen LogP contribution in [0.15, 0.2) is 41.1 Å². The summed E-state index contributed by atoms with van der Waals surface area (Å²) in [4.78, 5) is 15.7. The van der Waals surface area contributed by atoms with E-state index in [4.69, 9.17) is 5.11 Å². The summed E-state index contributed by atoms with van der Waals surface area (Å²) in [6, 6.07) is -0.696. The quantitative estimate of drug-likeness (QED) is 0.635. The number of hydrogen-bond acceptors (Lipinski definition) is 4. The molecule has 14 heavy (non-hydrogen) atoms. The van der Waals surface area contributed by atoms with E-state index in [-0.39, 0.29) is 5.88 Å². The zero-order valence-electron chi connectivity index (χ0n) is 7.09. The van der Waals surface area contributed by atoms with Gasteiger partial charge in [-0.15, -0.1) is 0 Å². The Hall–Kier alpha value is -1.91. The maximum Gasteiger partial charge on any atom is 0.211 e. The van der Waals surface area contributed by atoms with Crippen molar-refractivity contribution in [2.45, 2.75) is 6.04 Å². The van der Waals surface area contributed by atoms with E-state index in [1.807, 2.05) is 0 Å². The number of aliphatic imine (C=N–C) groups is 1. The Morgan fingerprint density at radius 3 is 3.07 bits per heavy atom. The summed E-state index contributed by atoms with van der Waals surface area (Å²) in [5.74, 6) is -0.331. The highest BCUT2D eigenvalue weighted by Gasteiger charge is 2.24.